The summed E-state index contributed by atoms with van der Waals surface area (Å²) in [5.41, 5.74) is 0.932. The van der Waals surface area contributed by atoms with Gasteiger partial charge in [-0.25, -0.2) is 8.42 Å². The Kier molecular flexibility index (Phi) is 3.98. The van der Waals surface area contributed by atoms with E-state index in [1.54, 1.807) is 12.1 Å². The molecule has 1 aliphatic rings. The third-order valence-electron chi connectivity index (χ3n) is 2.92. The number of sulfonamides is 1. The second-order valence-corrected chi connectivity index (χ2v) is 7.32. The van der Waals surface area contributed by atoms with Crippen molar-refractivity contribution in [2.75, 3.05) is 6.54 Å². The highest BCUT2D eigenvalue weighted by Crippen LogP contribution is 2.34. The topological polar surface area (TPSA) is 74.7 Å². The number of nitrogens with zero attached hydrogens (tertiary/aromatic N) is 1. The molecule has 1 fully saturated rings. The second-order valence-electron chi connectivity index (χ2n) is 4.61. The van der Waals surface area contributed by atoms with Crippen LogP contribution in [0.3, 0.4) is 0 Å². The number of carbonyl (C=O) groups is 1. The van der Waals surface area contributed by atoms with Crippen molar-refractivity contribution in [3.63, 3.8) is 0 Å². The van der Waals surface area contributed by atoms with Gasteiger partial charge in [-0.2, -0.15) is 4.31 Å². The van der Waals surface area contributed by atoms with Crippen molar-refractivity contribution in [3.8, 4) is 0 Å². The molecule has 19 heavy (non-hydrogen) atoms. The van der Waals surface area contributed by atoms with Crippen molar-refractivity contribution in [2.24, 2.45) is 0 Å². The van der Waals surface area contributed by atoms with Gasteiger partial charge < -0.3 is 5.11 Å². The molecular formula is C12H14BrNO4S. The molecule has 1 N–H and O–H groups in total. The van der Waals surface area contributed by atoms with Gasteiger partial charge in [0.1, 0.15) is 6.54 Å². The van der Waals surface area contributed by atoms with Gasteiger partial charge in [0.05, 0.1) is 4.90 Å². The van der Waals surface area contributed by atoms with E-state index in [2.05, 4.69) is 15.9 Å². The molecule has 0 radical (unpaired) electrons. The average Bonchev–Trinajstić information content (AvgIpc) is 3.08. The van der Waals surface area contributed by atoms with Crippen LogP contribution in [-0.2, 0) is 14.8 Å². The highest BCUT2D eigenvalue weighted by molar-refractivity contribution is 9.10. The molecule has 1 saturated carbocycles. The summed E-state index contributed by atoms with van der Waals surface area (Å²) in [6, 6.07) is 4.73. The molecular weight excluding hydrogens is 334 g/mol. The van der Waals surface area contributed by atoms with Gasteiger partial charge in [0.15, 0.2) is 0 Å². The number of aryl methyl sites for hydroxylation is 1. The lowest BCUT2D eigenvalue weighted by Gasteiger charge is -2.20. The number of hydrogen-bond donors (Lipinski definition) is 1. The molecule has 5 nitrogen and oxygen atoms in total. The lowest BCUT2D eigenvalue weighted by atomic mass is 10.2. The van der Waals surface area contributed by atoms with Crippen LogP contribution in [0.1, 0.15) is 18.4 Å². The summed E-state index contributed by atoms with van der Waals surface area (Å²) >= 11 is 3.23. The van der Waals surface area contributed by atoms with Gasteiger partial charge >= 0.3 is 5.97 Å². The molecule has 0 unspecified atom stereocenters. The maximum absolute atomic E-state index is 12.5. The first-order valence-corrected chi connectivity index (χ1v) is 8.05. The molecule has 0 aromatic heterocycles. The van der Waals surface area contributed by atoms with E-state index in [1.807, 2.05) is 6.92 Å². The van der Waals surface area contributed by atoms with Crippen molar-refractivity contribution in [2.45, 2.75) is 30.7 Å². The zero-order valence-electron chi connectivity index (χ0n) is 10.3. The third kappa shape index (κ3) is 3.16. The molecule has 0 saturated heterocycles. The summed E-state index contributed by atoms with van der Waals surface area (Å²) in [4.78, 5) is 11.0. The molecule has 1 aliphatic carbocycles. The van der Waals surface area contributed by atoms with Crippen LogP contribution in [0.5, 0.6) is 0 Å². The first kappa shape index (κ1) is 14.5. The summed E-state index contributed by atoms with van der Waals surface area (Å²) in [6.45, 7) is 1.37. The summed E-state index contributed by atoms with van der Waals surface area (Å²) in [5.74, 6) is -1.14. The Morgan fingerprint density at radius 2 is 2.11 bits per heavy atom. The highest BCUT2D eigenvalue weighted by atomic mass is 79.9. The lowest BCUT2D eigenvalue weighted by molar-refractivity contribution is -0.137. The van der Waals surface area contributed by atoms with Crippen molar-refractivity contribution in [1.29, 1.82) is 0 Å². The predicted octanol–water partition coefficient (Wildman–Crippen LogP) is 2.00. The standard InChI is InChI=1S/C12H14BrNO4S/c1-8-2-5-11(10(13)6-8)19(17,18)14(7-12(15)16)9-3-4-9/h2,5-6,9H,3-4,7H2,1H3,(H,15,16). The summed E-state index contributed by atoms with van der Waals surface area (Å²) < 4.78 is 26.6. The first-order valence-electron chi connectivity index (χ1n) is 5.82. The minimum absolute atomic E-state index is 0.117. The van der Waals surface area contributed by atoms with E-state index in [4.69, 9.17) is 5.11 Å². The van der Waals surface area contributed by atoms with Crippen molar-refractivity contribution in [3.05, 3.63) is 28.2 Å². The summed E-state index contributed by atoms with van der Waals surface area (Å²) in [5, 5.41) is 8.87. The largest absolute Gasteiger partial charge is 0.480 e. The maximum atomic E-state index is 12.5. The van der Waals surface area contributed by atoms with Crippen LogP contribution in [-0.4, -0.2) is 36.4 Å². The smallest absolute Gasteiger partial charge is 0.318 e. The van der Waals surface area contributed by atoms with Crippen molar-refractivity contribution >= 4 is 31.9 Å². The number of rotatable bonds is 5. The van der Waals surface area contributed by atoms with E-state index < -0.39 is 22.5 Å². The van der Waals surface area contributed by atoms with Crippen LogP contribution >= 0.6 is 15.9 Å². The number of aliphatic carboxylic acids is 1. The number of carboxylic acids is 1. The van der Waals surface area contributed by atoms with E-state index in [-0.39, 0.29) is 10.9 Å². The third-order valence-corrected chi connectivity index (χ3v) is 5.79. The molecule has 7 heteroatoms. The summed E-state index contributed by atoms with van der Waals surface area (Å²) in [7, 11) is -3.77. The lowest BCUT2D eigenvalue weighted by Crippen LogP contribution is -2.37. The van der Waals surface area contributed by atoms with Gasteiger partial charge in [0, 0.05) is 10.5 Å². The van der Waals surface area contributed by atoms with Gasteiger partial charge in [-0.15, -0.1) is 0 Å². The zero-order valence-corrected chi connectivity index (χ0v) is 12.7. The van der Waals surface area contributed by atoms with Gasteiger partial charge in [-0.1, -0.05) is 6.07 Å². The Morgan fingerprint density at radius 3 is 2.58 bits per heavy atom. The fourth-order valence-electron chi connectivity index (χ4n) is 1.85. The van der Waals surface area contributed by atoms with Crippen LogP contribution in [0, 0.1) is 6.92 Å². The molecule has 0 spiro atoms. The maximum Gasteiger partial charge on any atom is 0.318 e. The molecule has 0 heterocycles. The predicted molar refractivity (Wildman–Crippen MR) is 73.4 cm³/mol. The Balaban J connectivity index is 2.41. The molecule has 1 aromatic carbocycles. The molecule has 1 aromatic rings. The van der Waals surface area contributed by atoms with E-state index in [0.29, 0.717) is 4.47 Å². The first-order chi connectivity index (χ1) is 8.82. The van der Waals surface area contributed by atoms with Crippen LogP contribution in [0.15, 0.2) is 27.6 Å². The van der Waals surface area contributed by atoms with E-state index in [9.17, 15) is 13.2 Å². The van der Waals surface area contributed by atoms with Gasteiger partial charge in [-0.3, -0.25) is 4.79 Å². The monoisotopic (exact) mass is 347 g/mol. The van der Waals surface area contributed by atoms with Crippen molar-refractivity contribution in [1.82, 2.24) is 4.31 Å². The Hall–Kier alpha value is -0.920. The SMILES string of the molecule is Cc1ccc(S(=O)(=O)N(CC(=O)O)C2CC2)c(Br)c1. The minimum atomic E-state index is -3.77. The van der Waals surface area contributed by atoms with Crippen LogP contribution in [0.4, 0.5) is 0 Å². The van der Waals surface area contributed by atoms with E-state index in [0.717, 1.165) is 22.7 Å². The van der Waals surface area contributed by atoms with Gasteiger partial charge in [0.2, 0.25) is 10.0 Å². The summed E-state index contributed by atoms with van der Waals surface area (Å²) in [6.07, 6.45) is 1.44. The minimum Gasteiger partial charge on any atom is -0.480 e. The van der Waals surface area contributed by atoms with Crippen molar-refractivity contribution < 1.29 is 18.3 Å². The van der Waals surface area contributed by atoms with Crippen LogP contribution in [0.25, 0.3) is 0 Å². The number of benzene rings is 1. The molecule has 2 rings (SSSR count). The fraction of sp³-hybridized carbons (Fsp3) is 0.417. The Morgan fingerprint density at radius 1 is 1.47 bits per heavy atom. The molecule has 0 aliphatic heterocycles. The van der Waals surface area contributed by atoms with E-state index in [1.165, 1.54) is 6.07 Å². The zero-order chi connectivity index (χ0) is 14.2. The number of hydrogen-bond acceptors (Lipinski definition) is 3. The van der Waals surface area contributed by atoms with Crippen LogP contribution in [0.2, 0.25) is 0 Å². The molecule has 104 valence electrons. The molecule has 0 amide bonds. The normalized spacial score (nSPS) is 15.7. The Labute approximate surface area is 120 Å². The fourth-order valence-corrected chi connectivity index (χ4v) is 4.64. The Bertz CT molecular complexity index is 610. The number of carboxylic acid groups (broad SMARTS) is 1. The van der Waals surface area contributed by atoms with E-state index >= 15 is 0 Å². The number of halogens is 1. The van der Waals surface area contributed by atoms with Gasteiger partial charge in [-0.05, 0) is 53.4 Å². The second kappa shape index (κ2) is 5.22. The van der Waals surface area contributed by atoms with Crippen LogP contribution < -0.4 is 0 Å². The average molecular weight is 348 g/mol. The molecule has 0 atom stereocenters. The highest BCUT2D eigenvalue weighted by Gasteiger charge is 2.39. The van der Waals surface area contributed by atoms with Gasteiger partial charge in [0.25, 0.3) is 0 Å². The molecule has 0 bridgehead atoms. The quantitative estimate of drug-likeness (QED) is 0.883.